The zero-order valence-electron chi connectivity index (χ0n) is 10.4. The van der Waals surface area contributed by atoms with E-state index in [-0.39, 0.29) is 5.82 Å². The van der Waals surface area contributed by atoms with E-state index >= 15 is 0 Å². The van der Waals surface area contributed by atoms with Gasteiger partial charge >= 0.3 is 0 Å². The van der Waals surface area contributed by atoms with Crippen LogP contribution in [0.4, 0.5) is 4.39 Å². The van der Waals surface area contributed by atoms with Gasteiger partial charge in [0.1, 0.15) is 23.0 Å². The van der Waals surface area contributed by atoms with Crippen molar-refractivity contribution in [1.29, 1.82) is 0 Å². The number of halogens is 2. The van der Waals surface area contributed by atoms with Gasteiger partial charge in [0.05, 0.1) is 5.69 Å². The SMILES string of the molecule is Cc1nc(Cl)c2c(n1)nc(C)n2-c1cccc(F)c1. The van der Waals surface area contributed by atoms with Crippen molar-refractivity contribution in [2.45, 2.75) is 13.8 Å². The molecule has 0 aliphatic carbocycles. The summed E-state index contributed by atoms with van der Waals surface area (Å²) < 4.78 is 15.1. The molecule has 0 unspecified atom stereocenters. The average Bonchev–Trinajstić information content (AvgIpc) is 2.65. The van der Waals surface area contributed by atoms with E-state index in [1.165, 1.54) is 12.1 Å². The molecule has 0 fully saturated rings. The third-order valence-corrected chi connectivity index (χ3v) is 3.08. The molecule has 2 aromatic heterocycles. The number of aryl methyl sites for hydroxylation is 2. The Labute approximate surface area is 113 Å². The number of benzene rings is 1. The molecule has 19 heavy (non-hydrogen) atoms. The molecule has 0 aliphatic rings. The Morgan fingerprint density at radius 1 is 1.16 bits per heavy atom. The summed E-state index contributed by atoms with van der Waals surface area (Å²) in [5.41, 5.74) is 1.75. The predicted molar refractivity (Wildman–Crippen MR) is 71.1 cm³/mol. The Kier molecular flexibility index (Phi) is 2.71. The van der Waals surface area contributed by atoms with Gasteiger partial charge in [-0.2, -0.15) is 0 Å². The number of fused-ring (bicyclic) bond motifs is 1. The van der Waals surface area contributed by atoms with E-state index in [2.05, 4.69) is 15.0 Å². The Morgan fingerprint density at radius 2 is 1.95 bits per heavy atom. The Hall–Kier alpha value is -2.01. The monoisotopic (exact) mass is 276 g/mol. The van der Waals surface area contributed by atoms with E-state index in [4.69, 9.17) is 11.6 Å². The molecule has 1 aromatic carbocycles. The van der Waals surface area contributed by atoms with Crippen LogP contribution in [0, 0.1) is 19.7 Å². The van der Waals surface area contributed by atoms with Gasteiger partial charge in [-0.25, -0.2) is 19.3 Å². The summed E-state index contributed by atoms with van der Waals surface area (Å²) in [6, 6.07) is 6.23. The van der Waals surface area contributed by atoms with E-state index in [9.17, 15) is 4.39 Å². The van der Waals surface area contributed by atoms with E-state index in [1.807, 2.05) is 6.92 Å². The highest BCUT2D eigenvalue weighted by molar-refractivity contribution is 6.33. The molecular weight excluding hydrogens is 267 g/mol. The van der Waals surface area contributed by atoms with Gasteiger partial charge < -0.3 is 0 Å². The molecule has 0 saturated heterocycles. The van der Waals surface area contributed by atoms with Crippen molar-refractivity contribution in [3.8, 4) is 5.69 Å². The fraction of sp³-hybridized carbons (Fsp3) is 0.154. The highest BCUT2D eigenvalue weighted by atomic mass is 35.5. The van der Waals surface area contributed by atoms with Crippen molar-refractivity contribution in [2.24, 2.45) is 0 Å². The first-order valence-electron chi connectivity index (χ1n) is 5.71. The van der Waals surface area contributed by atoms with Crippen LogP contribution >= 0.6 is 11.6 Å². The summed E-state index contributed by atoms with van der Waals surface area (Å²) >= 11 is 6.16. The summed E-state index contributed by atoms with van der Waals surface area (Å²) in [5.74, 6) is 0.923. The number of aromatic nitrogens is 4. The summed E-state index contributed by atoms with van der Waals surface area (Å²) in [4.78, 5) is 12.7. The van der Waals surface area contributed by atoms with Gasteiger partial charge in [0.15, 0.2) is 10.8 Å². The lowest BCUT2D eigenvalue weighted by atomic mass is 10.3. The van der Waals surface area contributed by atoms with Crippen molar-refractivity contribution in [1.82, 2.24) is 19.5 Å². The number of hydrogen-bond donors (Lipinski definition) is 0. The molecule has 0 amide bonds. The molecule has 2 heterocycles. The highest BCUT2D eigenvalue weighted by Crippen LogP contribution is 2.25. The minimum Gasteiger partial charge on any atom is -0.292 e. The van der Waals surface area contributed by atoms with Crippen molar-refractivity contribution in [2.75, 3.05) is 0 Å². The quantitative estimate of drug-likeness (QED) is 0.641. The van der Waals surface area contributed by atoms with Gasteiger partial charge in [0.2, 0.25) is 0 Å². The molecule has 0 aliphatic heterocycles. The zero-order chi connectivity index (χ0) is 13.6. The second-order valence-corrected chi connectivity index (χ2v) is 4.57. The van der Waals surface area contributed by atoms with Crippen LogP contribution in [-0.2, 0) is 0 Å². The Bertz CT molecular complexity index is 782. The molecule has 3 rings (SSSR count). The maximum Gasteiger partial charge on any atom is 0.183 e. The van der Waals surface area contributed by atoms with Gasteiger partial charge in [-0.3, -0.25) is 4.57 Å². The lowest BCUT2D eigenvalue weighted by Crippen LogP contribution is -1.99. The van der Waals surface area contributed by atoms with Gasteiger partial charge in [0, 0.05) is 0 Å². The first-order valence-corrected chi connectivity index (χ1v) is 6.09. The lowest BCUT2D eigenvalue weighted by molar-refractivity contribution is 0.626. The summed E-state index contributed by atoms with van der Waals surface area (Å²) in [7, 11) is 0. The first kappa shape index (κ1) is 12.0. The second kappa shape index (κ2) is 4.28. The fourth-order valence-electron chi connectivity index (χ4n) is 2.08. The average molecular weight is 277 g/mol. The van der Waals surface area contributed by atoms with Gasteiger partial charge in [-0.1, -0.05) is 17.7 Å². The van der Waals surface area contributed by atoms with Gasteiger partial charge in [-0.05, 0) is 32.0 Å². The van der Waals surface area contributed by atoms with E-state index < -0.39 is 0 Å². The lowest BCUT2D eigenvalue weighted by Gasteiger charge is -2.07. The maximum atomic E-state index is 13.4. The normalized spacial score (nSPS) is 11.2. The molecule has 96 valence electrons. The maximum absolute atomic E-state index is 13.4. The number of rotatable bonds is 1. The number of imidazole rings is 1. The van der Waals surface area contributed by atoms with Gasteiger partial charge in [-0.15, -0.1) is 0 Å². The number of nitrogens with zero attached hydrogens (tertiary/aromatic N) is 4. The van der Waals surface area contributed by atoms with Crippen LogP contribution in [0.3, 0.4) is 0 Å². The number of hydrogen-bond acceptors (Lipinski definition) is 3. The minimum atomic E-state index is -0.317. The molecule has 6 heteroatoms. The third-order valence-electron chi connectivity index (χ3n) is 2.82. The zero-order valence-corrected chi connectivity index (χ0v) is 11.1. The van der Waals surface area contributed by atoms with Crippen LogP contribution in [0.15, 0.2) is 24.3 Å². The molecule has 0 radical (unpaired) electrons. The van der Waals surface area contributed by atoms with Crippen molar-refractivity contribution in [3.63, 3.8) is 0 Å². The van der Waals surface area contributed by atoms with E-state index in [1.54, 1.807) is 23.6 Å². The van der Waals surface area contributed by atoms with Crippen LogP contribution in [0.2, 0.25) is 5.15 Å². The smallest absolute Gasteiger partial charge is 0.183 e. The second-order valence-electron chi connectivity index (χ2n) is 4.21. The summed E-state index contributed by atoms with van der Waals surface area (Å²) in [5, 5.41) is 0.312. The Morgan fingerprint density at radius 3 is 2.68 bits per heavy atom. The molecular formula is C13H10ClFN4. The van der Waals surface area contributed by atoms with Crippen LogP contribution in [0.25, 0.3) is 16.9 Å². The molecule has 0 spiro atoms. The predicted octanol–water partition coefficient (Wildman–Crippen LogP) is 3.22. The largest absolute Gasteiger partial charge is 0.292 e. The van der Waals surface area contributed by atoms with Crippen LogP contribution in [0.1, 0.15) is 11.6 Å². The molecule has 0 atom stereocenters. The molecule has 4 nitrogen and oxygen atoms in total. The summed E-state index contributed by atoms with van der Waals surface area (Å²) in [6.07, 6.45) is 0. The minimum absolute atomic E-state index is 0.312. The van der Waals surface area contributed by atoms with Crippen molar-refractivity contribution in [3.05, 3.63) is 46.9 Å². The Balaban J connectivity index is 2.38. The first-order chi connectivity index (χ1) is 9.06. The molecule has 0 saturated carbocycles. The van der Waals surface area contributed by atoms with Gasteiger partial charge in [0.25, 0.3) is 0 Å². The molecule has 0 N–H and O–H groups in total. The van der Waals surface area contributed by atoms with Crippen molar-refractivity contribution < 1.29 is 4.39 Å². The van der Waals surface area contributed by atoms with Crippen LogP contribution in [-0.4, -0.2) is 19.5 Å². The van der Waals surface area contributed by atoms with Crippen LogP contribution in [0.5, 0.6) is 0 Å². The topological polar surface area (TPSA) is 43.6 Å². The summed E-state index contributed by atoms with van der Waals surface area (Å²) in [6.45, 7) is 3.57. The highest BCUT2D eigenvalue weighted by Gasteiger charge is 2.15. The third kappa shape index (κ3) is 1.96. The molecule has 3 aromatic rings. The molecule has 0 bridgehead atoms. The fourth-order valence-corrected chi connectivity index (χ4v) is 2.38. The van der Waals surface area contributed by atoms with E-state index in [0.29, 0.717) is 33.7 Å². The standard InChI is InChI=1S/C13H10ClFN4/c1-7-16-12(14)11-13(17-7)18-8(2)19(11)10-5-3-4-9(15)6-10/h3-6H,1-2H3. The van der Waals surface area contributed by atoms with E-state index in [0.717, 1.165) is 0 Å². The van der Waals surface area contributed by atoms with Crippen molar-refractivity contribution >= 4 is 22.8 Å². The van der Waals surface area contributed by atoms with Crippen LogP contribution < -0.4 is 0 Å².